The molecule has 0 aliphatic heterocycles. The van der Waals surface area contributed by atoms with Crippen LogP contribution in [0.5, 0.6) is 0 Å². The molecule has 0 atom stereocenters. The van der Waals surface area contributed by atoms with Crippen molar-refractivity contribution >= 4 is 0 Å². The van der Waals surface area contributed by atoms with E-state index in [1.807, 2.05) is 18.2 Å². The van der Waals surface area contributed by atoms with Crippen molar-refractivity contribution in [3.05, 3.63) is 35.9 Å². The first-order valence-corrected chi connectivity index (χ1v) is 6.41. The third-order valence-electron chi connectivity index (χ3n) is 2.94. The van der Waals surface area contributed by atoms with E-state index in [4.69, 9.17) is 0 Å². The van der Waals surface area contributed by atoms with Gasteiger partial charge in [0.15, 0.2) is 0 Å². The molecule has 0 amide bonds. The van der Waals surface area contributed by atoms with E-state index in [2.05, 4.69) is 19.1 Å². The predicted molar refractivity (Wildman–Crippen MR) is 68.1 cm³/mol. The van der Waals surface area contributed by atoms with Crippen molar-refractivity contribution < 1.29 is 0 Å². The molecule has 1 aliphatic carbocycles. The minimum atomic E-state index is 1.32. The standard InChI is InChI=1S/C8H16.C7H8/c1-2-4-6-8-7-5-3-1;1-7-5-3-2-4-6-7/h1-8H2;2-6H,1H3. The Balaban J connectivity index is 0.000000151. The van der Waals surface area contributed by atoms with Crippen LogP contribution in [-0.2, 0) is 0 Å². The minimum Gasteiger partial charge on any atom is -0.0622 e. The highest BCUT2D eigenvalue weighted by molar-refractivity contribution is 5.11. The summed E-state index contributed by atoms with van der Waals surface area (Å²) in [4.78, 5) is 0. The van der Waals surface area contributed by atoms with Crippen LogP contribution in [0.25, 0.3) is 0 Å². The molecule has 1 saturated carbocycles. The molecule has 0 bridgehead atoms. The zero-order valence-electron chi connectivity index (χ0n) is 10.0. The normalized spacial score (nSPS) is 16.9. The lowest BCUT2D eigenvalue weighted by molar-refractivity contribution is 0.504. The molecule has 0 heterocycles. The van der Waals surface area contributed by atoms with Crippen molar-refractivity contribution in [2.24, 2.45) is 0 Å². The lowest BCUT2D eigenvalue weighted by Gasteiger charge is -2.05. The molecule has 1 aromatic rings. The molecule has 2 rings (SSSR count). The SMILES string of the molecule is C1CCCCCCC1.Cc1ccccc1. The van der Waals surface area contributed by atoms with Crippen LogP contribution < -0.4 is 0 Å². The predicted octanol–water partition coefficient (Wildman–Crippen LogP) is 5.12. The summed E-state index contributed by atoms with van der Waals surface area (Å²) < 4.78 is 0. The van der Waals surface area contributed by atoms with E-state index in [1.165, 1.54) is 56.9 Å². The molecule has 15 heavy (non-hydrogen) atoms. The number of hydrogen-bond donors (Lipinski definition) is 0. The molecule has 1 aliphatic rings. The molecule has 0 aromatic heterocycles. The van der Waals surface area contributed by atoms with E-state index in [9.17, 15) is 0 Å². The van der Waals surface area contributed by atoms with Gasteiger partial charge in [0.1, 0.15) is 0 Å². The zero-order chi connectivity index (χ0) is 10.8. The minimum absolute atomic E-state index is 1.32. The van der Waals surface area contributed by atoms with Gasteiger partial charge in [-0.25, -0.2) is 0 Å². The summed E-state index contributed by atoms with van der Waals surface area (Å²) in [5.41, 5.74) is 1.32. The van der Waals surface area contributed by atoms with E-state index in [1.54, 1.807) is 0 Å². The van der Waals surface area contributed by atoms with E-state index in [0.29, 0.717) is 0 Å². The quantitative estimate of drug-likeness (QED) is 0.550. The highest BCUT2D eigenvalue weighted by Crippen LogP contribution is 2.15. The van der Waals surface area contributed by atoms with Gasteiger partial charge in [0.2, 0.25) is 0 Å². The third kappa shape index (κ3) is 7.18. The van der Waals surface area contributed by atoms with Crippen LogP contribution in [0, 0.1) is 6.92 Å². The van der Waals surface area contributed by atoms with Crippen LogP contribution in [0.2, 0.25) is 0 Å². The molecule has 0 saturated heterocycles. The summed E-state index contributed by atoms with van der Waals surface area (Å²) in [5.74, 6) is 0. The van der Waals surface area contributed by atoms with Gasteiger partial charge in [-0.3, -0.25) is 0 Å². The summed E-state index contributed by atoms with van der Waals surface area (Å²) in [6, 6.07) is 10.3. The average Bonchev–Trinajstić information content (AvgIpc) is 2.18. The second kappa shape index (κ2) is 8.52. The van der Waals surface area contributed by atoms with E-state index in [0.717, 1.165) is 0 Å². The Morgan fingerprint density at radius 1 is 0.600 bits per heavy atom. The maximum Gasteiger partial charge on any atom is -0.0398 e. The molecule has 0 spiro atoms. The monoisotopic (exact) mass is 204 g/mol. The Bertz CT molecular complexity index is 201. The fourth-order valence-electron chi connectivity index (χ4n) is 1.95. The van der Waals surface area contributed by atoms with Gasteiger partial charge in [0.05, 0.1) is 0 Å². The Morgan fingerprint density at radius 3 is 1.13 bits per heavy atom. The highest BCUT2D eigenvalue weighted by Gasteiger charge is 1.95. The topological polar surface area (TPSA) is 0 Å². The van der Waals surface area contributed by atoms with Gasteiger partial charge >= 0.3 is 0 Å². The van der Waals surface area contributed by atoms with Gasteiger partial charge in [0, 0.05) is 0 Å². The fraction of sp³-hybridized carbons (Fsp3) is 0.600. The molecule has 0 N–H and O–H groups in total. The molecule has 0 nitrogen and oxygen atoms in total. The largest absolute Gasteiger partial charge is 0.0622 e. The summed E-state index contributed by atoms with van der Waals surface area (Å²) >= 11 is 0. The zero-order valence-corrected chi connectivity index (χ0v) is 10.0. The van der Waals surface area contributed by atoms with Crippen molar-refractivity contribution in [3.8, 4) is 0 Å². The molecular weight excluding hydrogens is 180 g/mol. The molecule has 0 unspecified atom stereocenters. The first-order chi connectivity index (χ1) is 7.39. The van der Waals surface area contributed by atoms with Crippen molar-refractivity contribution in [1.82, 2.24) is 0 Å². The molecule has 0 heteroatoms. The van der Waals surface area contributed by atoms with Gasteiger partial charge in [-0.2, -0.15) is 0 Å². The summed E-state index contributed by atoms with van der Waals surface area (Å²) in [6.07, 6.45) is 12.0. The van der Waals surface area contributed by atoms with Crippen LogP contribution in [0.1, 0.15) is 56.9 Å². The number of benzene rings is 1. The molecule has 1 aromatic carbocycles. The summed E-state index contributed by atoms with van der Waals surface area (Å²) in [6.45, 7) is 2.08. The maximum atomic E-state index is 2.08. The summed E-state index contributed by atoms with van der Waals surface area (Å²) in [7, 11) is 0. The van der Waals surface area contributed by atoms with Crippen molar-refractivity contribution in [2.75, 3.05) is 0 Å². The van der Waals surface area contributed by atoms with Crippen LogP contribution in [0.4, 0.5) is 0 Å². The molecular formula is C15H24. The van der Waals surface area contributed by atoms with Crippen LogP contribution >= 0.6 is 0 Å². The third-order valence-corrected chi connectivity index (χ3v) is 2.94. The number of hydrogen-bond acceptors (Lipinski definition) is 0. The summed E-state index contributed by atoms with van der Waals surface area (Å²) in [5, 5.41) is 0. The van der Waals surface area contributed by atoms with Gasteiger partial charge in [0.25, 0.3) is 0 Å². The highest BCUT2D eigenvalue weighted by atomic mass is 14.0. The average molecular weight is 204 g/mol. The first-order valence-electron chi connectivity index (χ1n) is 6.41. The lowest BCUT2D eigenvalue weighted by atomic mass is 10.0. The van der Waals surface area contributed by atoms with Gasteiger partial charge in [-0.15, -0.1) is 0 Å². The van der Waals surface area contributed by atoms with Crippen LogP contribution in [-0.4, -0.2) is 0 Å². The van der Waals surface area contributed by atoms with Crippen molar-refractivity contribution in [3.63, 3.8) is 0 Å². The van der Waals surface area contributed by atoms with Gasteiger partial charge in [-0.1, -0.05) is 87.3 Å². The van der Waals surface area contributed by atoms with Gasteiger partial charge in [-0.05, 0) is 6.92 Å². The first kappa shape index (κ1) is 12.3. The molecule has 84 valence electrons. The fourth-order valence-corrected chi connectivity index (χ4v) is 1.95. The lowest BCUT2D eigenvalue weighted by Crippen LogP contribution is -1.85. The molecule has 0 radical (unpaired) electrons. The van der Waals surface area contributed by atoms with Crippen molar-refractivity contribution in [1.29, 1.82) is 0 Å². The van der Waals surface area contributed by atoms with Crippen LogP contribution in [0.3, 0.4) is 0 Å². The Kier molecular flexibility index (Phi) is 6.98. The Hall–Kier alpha value is -0.780. The smallest absolute Gasteiger partial charge is 0.0398 e. The Morgan fingerprint density at radius 2 is 0.933 bits per heavy atom. The number of rotatable bonds is 0. The second-order valence-corrected chi connectivity index (χ2v) is 4.48. The van der Waals surface area contributed by atoms with Crippen LogP contribution in [0.15, 0.2) is 30.3 Å². The number of aryl methyl sites for hydroxylation is 1. The van der Waals surface area contributed by atoms with E-state index < -0.39 is 0 Å². The van der Waals surface area contributed by atoms with E-state index >= 15 is 0 Å². The van der Waals surface area contributed by atoms with Gasteiger partial charge < -0.3 is 0 Å². The van der Waals surface area contributed by atoms with Crippen molar-refractivity contribution in [2.45, 2.75) is 58.3 Å². The Labute approximate surface area is 94.7 Å². The van der Waals surface area contributed by atoms with E-state index in [-0.39, 0.29) is 0 Å². The second-order valence-electron chi connectivity index (χ2n) is 4.48. The molecule has 1 fully saturated rings. The maximum absolute atomic E-state index is 2.08.